The first kappa shape index (κ1) is 9.31. The van der Waals surface area contributed by atoms with E-state index in [9.17, 15) is 10.1 Å². The van der Waals surface area contributed by atoms with Gasteiger partial charge in [0.2, 0.25) is 0 Å². The molecule has 0 bridgehead atoms. The van der Waals surface area contributed by atoms with Gasteiger partial charge >= 0.3 is 5.69 Å². The van der Waals surface area contributed by atoms with E-state index in [1.165, 1.54) is 6.07 Å². The molecule has 5 nitrogen and oxygen atoms in total. The van der Waals surface area contributed by atoms with E-state index in [4.69, 9.17) is 5.73 Å². The summed E-state index contributed by atoms with van der Waals surface area (Å²) >= 11 is 0. The lowest BCUT2D eigenvalue weighted by Crippen LogP contribution is -2.03. The number of benzene rings is 1. The third kappa shape index (κ3) is 1.87. The summed E-state index contributed by atoms with van der Waals surface area (Å²) in [4.78, 5) is 10.1. The Morgan fingerprint density at radius 1 is 1.62 bits per heavy atom. The number of anilines is 2. The van der Waals surface area contributed by atoms with E-state index in [1.807, 2.05) is 6.92 Å². The summed E-state index contributed by atoms with van der Waals surface area (Å²) in [5, 5.41) is 13.5. The van der Waals surface area contributed by atoms with Crippen LogP contribution >= 0.6 is 0 Å². The first-order valence-corrected chi connectivity index (χ1v) is 3.93. The third-order valence-corrected chi connectivity index (χ3v) is 1.62. The Morgan fingerprint density at radius 2 is 2.31 bits per heavy atom. The van der Waals surface area contributed by atoms with Crippen LogP contribution in [0.4, 0.5) is 17.1 Å². The molecular formula is C8H11N3O2. The maximum Gasteiger partial charge on any atom is 0.314 e. The molecule has 0 aromatic heterocycles. The number of nitrogens with two attached hydrogens (primary N) is 1. The summed E-state index contributed by atoms with van der Waals surface area (Å²) in [5.74, 6) is 0. The molecule has 0 saturated carbocycles. The Balaban J connectivity index is 3.17. The lowest BCUT2D eigenvalue weighted by atomic mass is 10.2. The minimum Gasteiger partial charge on any atom is -0.393 e. The van der Waals surface area contributed by atoms with E-state index in [1.54, 1.807) is 12.1 Å². The molecule has 13 heavy (non-hydrogen) atoms. The fourth-order valence-corrected chi connectivity index (χ4v) is 1.10. The van der Waals surface area contributed by atoms with Gasteiger partial charge in [-0.1, -0.05) is 6.07 Å². The van der Waals surface area contributed by atoms with Crippen molar-refractivity contribution >= 4 is 17.1 Å². The second kappa shape index (κ2) is 3.75. The molecule has 0 saturated heterocycles. The molecule has 0 aliphatic rings. The van der Waals surface area contributed by atoms with Crippen LogP contribution < -0.4 is 11.1 Å². The molecule has 0 amide bonds. The van der Waals surface area contributed by atoms with Crippen molar-refractivity contribution in [2.24, 2.45) is 0 Å². The normalized spacial score (nSPS) is 9.62. The molecule has 3 N–H and O–H groups in total. The van der Waals surface area contributed by atoms with Crippen molar-refractivity contribution < 1.29 is 4.92 Å². The highest BCUT2D eigenvalue weighted by molar-refractivity contribution is 5.74. The second-order valence-corrected chi connectivity index (χ2v) is 2.53. The fourth-order valence-electron chi connectivity index (χ4n) is 1.10. The van der Waals surface area contributed by atoms with Gasteiger partial charge in [0.05, 0.1) is 4.92 Å². The Hall–Kier alpha value is -1.78. The van der Waals surface area contributed by atoms with Crippen molar-refractivity contribution in [3.63, 3.8) is 0 Å². The summed E-state index contributed by atoms with van der Waals surface area (Å²) in [7, 11) is 0. The third-order valence-electron chi connectivity index (χ3n) is 1.62. The van der Waals surface area contributed by atoms with Crippen LogP contribution in [0.25, 0.3) is 0 Å². The van der Waals surface area contributed by atoms with Crippen LogP contribution in [-0.2, 0) is 0 Å². The number of hydrogen-bond acceptors (Lipinski definition) is 4. The quantitative estimate of drug-likeness (QED) is 0.421. The number of nitrogens with zero attached hydrogens (tertiary/aromatic N) is 1. The van der Waals surface area contributed by atoms with Crippen LogP contribution in [-0.4, -0.2) is 11.5 Å². The van der Waals surface area contributed by atoms with Gasteiger partial charge in [-0.25, -0.2) is 0 Å². The van der Waals surface area contributed by atoms with E-state index in [-0.39, 0.29) is 11.4 Å². The second-order valence-electron chi connectivity index (χ2n) is 2.53. The fraction of sp³-hybridized carbons (Fsp3) is 0.250. The molecule has 0 spiro atoms. The zero-order valence-electron chi connectivity index (χ0n) is 7.28. The average Bonchev–Trinajstić information content (AvgIpc) is 2.04. The number of nitrogens with one attached hydrogen (secondary N) is 1. The smallest absolute Gasteiger partial charge is 0.314 e. The Labute approximate surface area is 75.7 Å². The molecule has 0 fully saturated rings. The van der Waals surface area contributed by atoms with Gasteiger partial charge in [0.1, 0.15) is 11.4 Å². The van der Waals surface area contributed by atoms with Gasteiger partial charge in [-0.3, -0.25) is 10.1 Å². The summed E-state index contributed by atoms with van der Waals surface area (Å²) in [6, 6.07) is 4.83. The monoisotopic (exact) mass is 181 g/mol. The van der Waals surface area contributed by atoms with Crippen LogP contribution in [0.15, 0.2) is 18.2 Å². The standard InChI is InChI=1S/C8H11N3O2/c1-2-10-7-5-3-4-6(9)8(7)11(12)13/h3-5,10H,2,9H2,1H3. The predicted molar refractivity (Wildman–Crippen MR) is 51.7 cm³/mol. The lowest BCUT2D eigenvalue weighted by molar-refractivity contribution is -0.383. The molecule has 0 radical (unpaired) electrons. The number of para-hydroxylation sites is 1. The summed E-state index contributed by atoms with van der Waals surface area (Å²) in [6.45, 7) is 2.50. The predicted octanol–water partition coefficient (Wildman–Crippen LogP) is 1.61. The van der Waals surface area contributed by atoms with Gasteiger partial charge in [-0.05, 0) is 19.1 Å². The van der Waals surface area contributed by atoms with Crippen LogP contribution in [0, 0.1) is 10.1 Å². The van der Waals surface area contributed by atoms with E-state index < -0.39 is 4.92 Å². The van der Waals surface area contributed by atoms with Crippen molar-refractivity contribution in [3.8, 4) is 0 Å². The molecule has 0 heterocycles. The van der Waals surface area contributed by atoms with E-state index in [0.717, 1.165) is 0 Å². The number of nitrogen functional groups attached to an aromatic ring is 1. The van der Waals surface area contributed by atoms with Gasteiger partial charge in [0.25, 0.3) is 0 Å². The molecule has 1 rings (SSSR count). The molecule has 1 aromatic carbocycles. The molecule has 0 unspecified atom stereocenters. The maximum absolute atomic E-state index is 10.6. The molecule has 70 valence electrons. The number of rotatable bonds is 3. The Morgan fingerprint density at radius 3 is 2.85 bits per heavy atom. The Bertz CT molecular complexity index is 325. The minimum absolute atomic E-state index is 0.0515. The topological polar surface area (TPSA) is 81.2 Å². The van der Waals surface area contributed by atoms with Crippen molar-refractivity contribution in [2.45, 2.75) is 6.92 Å². The number of hydrogen-bond donors (Lipinski definition) is 2. The molecule has 0 aliphatic carbocycles. The lowest BCUT2D eigenvalue weighted by Gasteiger charge is -2.05. The zero-order chi connectivity index (χ0) is 9.84. The van der Waals surface area contributed by atoms with Crippen LogP contribution in [0.2, 0.25) is 0 Å². The highest BCUT2D eigenvalue weighted by Crippen LogP contribution is 2.29. The van der Waals surface area contributed by atoms with Gasteiger partial charge in [0.15, 0.2) is 0 Å². The van der Waals surface area contributed by atoms with Crippen molar-refractivity contribution in [3.05, 3.63) is 28.3 Å². The van der Waals surface area contributed by atoms with Crippen LogP contribution in [0.5, 0.6) is 0 Å². The average molecular weight is 181 g/mol. The minimum atomic E-state index is -0.479. The van der Waals surface area contributed by atoms with Crippen molar-refractivity contribution in [2.75, 3.05) is 17.6 Å². The van der Waals surface area contributed by atoms with Gasteiger partial charge in [-0.15, -0.1) is 0 Å². The van der Waals surface area contributed by atoms with E-state index in [0.29, 0.717) is 12.2 Å². The Kier molecular flexibility index (Phi) is 2.69. The van der Waals surface area contributed by atoms with Crippen molar-refractivity contribution in [1.29, 1.82) is 0 Å². The first-order valence-electron chi connectivity index (χ1n) is 3.93. The highest BCUT2D eigenvalue weighted by atomic mass is 16.6. The molecule has 0 atom stereocenters. The van der Waals surface area contributed by atoms with Crippen LogP contribution in [0.1, 0.15) is 6.92 Å². The summed E-state index contributed by atoms with van der Waals surface area (Å²) < 4.78 is 0. The van der Waals surface area contributed by atoms with E-state index >= 15 is 0 Å². The molecular weight excluding hydrogens is 170 g/mol. The van der Waals surface area contributed by atoms with Crippen molar-refractivity contribution in [1.82, 2.24) is 0 Å². The molecule has 0 aliphatic heterocycles. The first-order chi connectivity index (χ1) is 6.16. The maximum atomic E-state index is 10.6. The summed E-state index contributed by atoms with van der Waals surface area (Å²) in [6.07, 6.45) is 0. The highest BCUT2D eigenvalue weighted by Gasteiger charge is 2.16. The molecule has 1 aromatic rings. The summed E-state index contributed by atoms with van der Waals surface area (Å²) in [5.41, 5.74) is 6.07. The van der Waals surface area contributed by atoms with E-state index in [2.05, 4.69) is 5.32 Å². The molecule has 5 heteroatoms. The zero-order valence-corrected chi connectivity index (χ0v) is 7.28. The number of nitro groups is 1. The SMILES string of the molecule is CCNc1cccc(N)c1[N+](=O)[O-]. The van der Waals surface area contributed by atoms with Gasteiger partial charge in [0, 0.05) is 6.54 Å². The van der Waals surface area contributed by atoms with Crippen LogP contribution in [0.3, 0.4) is 0 Å². The number of nitro benzene ring substituents is 1. The largest absolute Gasteiger partial charge is 0.393 e. The van der Waals surface area contributed by atoms with Gasteiger partial charge in [-0.2, -0.15) is 0 Å². The van der Waals surface area contributed by atoms with Gasteiger partial charge < -0.3 is 11.1 Å².